The lowest BCUT2D eigenvalue weighted by Gasteiger charge is -2.22. The molecule has 0 saturated carbocycles. The van der Waals surface area contributed by atoms with Gasteiger partial charge in [-0.25, -0.2) is 0 Å². The second-order valence-corrected chi connectivity index (χ2v) is 2.55. The largest absolute Gasteiger partial charge is 0.481 e. The molecule has 5 N–H and O–H groups in total. The zero-order chi connectivity index (χ0) is 7.65. The van der Waals surface area contributed by atoms with E-state index in [4.69, 9.17) is 16.6 Å². The Bertz CT molecular complexity index is 120. The number of carboxylic acids is 1. The van der Waals surface area contributed by atoms with Gasteiger partial charge in [-0.1, -0.05) is 0 Å². The van der Waals surface area contributed by atoms with Crippen molar-refractivity contribution in [2.45, 2.75) is 20.0 Å². The third-order valence-corrected chi connectivity index (χ3v) is 1.38. The van der Waals surface area contributed by atoms with E-state index in [0.717, 1.165) is 0 Å². The summed E-state index contributed by atoms with van der Waals surface area (Å²) in [7, 11) is 0. The van der Waals surface area contributed by atoms with Gasteiger partial charge in [-0.3, -0.25) is 4.79 Å². The van der Waals surface area contributed by atoms with E-state index >= 15 is 0 Å². The first-order valence-electron chi connectivity index (χ1n) is 2.63. The summed E-state index contributed by atoms with van der Waals surface area (Å²) in [6.45, 7) is 2.97. The maximum Gasteiger partial charge on any atom is 0.312 e. The lowest BCUT2D eigenvalue weighted by Crippen LogP contribution is -2.49. The molecule has 9 heavy (non-hydrogen) atoms. The number of carbonyl (C=O) groups is 1. The molecule has 0 aliphatic rings. The normalized spacial score (nSPS) is 12.1. The van der Waals surface area contributed by atoms with E-state index < -0.39 is 17.6 Å². The molecule has 0 atom stereocenters. The minimum atomic E-state index is -1.03. The molecule has 0 spiro atoms. The van der Waals surface area contributed by atoms with Crippen LogP contribution >= 0.6 is 0 Å². The molecule has 0 saturated heterocycles. The van der Waals surface area contributed by atoms with Crippen molar-refractivity contribution < 1.29 is 9.90 Å². The van der Waals surface area contributed by atoms with Crippen LogP contribution in [0, 0.1) is 5.41 Å². The quantitative estimate of drug-likeness (QED) is 0.435. The van der Waals surface area contributed by atoms with Gasteiger partial charge in [0.05, 0.1) is 11.6 Å². The van der Waals surface area contributed by atoms with Gasteiger partial charge in [0.25, 0.3) is 0 Å². The SMILES string of the molecule is CC(C)(C(=O)O)C(N)N. The molecule has 0 heterocycles. The predicted octanol–water partition coefficient (Wildman–Crippen LogP) is -0.659. The molecular weight excluding hydrogens is 120 g/mol. The molecule has 0 aromatic heterocycles. The topological polar surface area (TPSA) is 89.3 Å². The number of carboxylic acid groups (broad SMARTS) is 1. The van der Waals surface area contributed by atoms with Crippen molar-refractivity contribution in [2.75, 3.05) is 0 Å². The van der Waals surface area contributed by atoms with Gasteiger partial charge in [0.15, 0.2) is 0 Å². The summed E-state index contributed by atoms with van der Waals surface area (Å²) in [6.07, 6.45) is -0.810. The zero-order valence-electron chi connectivity index (χ0n) is 5.59. The summed E-state index contributed by atoms with van der Waals surface area (Å²) in [6, 6.07) is 0. The molecule has 0 rings (SSSR count). The Morgan fingerprint density at radius 3 is 1.89 bits per heavy atom. The molecule has 4 nitrogen and oxygen atoms in total. The van der Waals surface area contributed by atoms with Crippen molar-refractivity contribution in [1.82, 2.24) is 0 Å². The minimum absolute atomic E-state index is 0.810. The van der Waals surface area contributed by atoms with E-state index in [1.165, 1.54) is 13.8 Å². The molecule has 4 heteroatoms. The monoisotopic (exact) mass is 132 g/mol. The fraction of sp³-hybridized carbons (Fsp3) is 0.800. The summed E-state index contributed by atoms with van der Waals surface area (Å²) in [5, 5.41) is 8.45. The number of nitrogens with two attached hydrogens (primary N) is 2. The number of rotatable bonds is 2. The minimum Gasteiger partial charge on any atom is -0.481 e. The Labute approximate surface area is 53.8 Å². The molecule has 0 bridgehead atoms. The Hall–Kier alpha value is -0.610. The van der Waals surface area contributed by atoms with Gasteiger partial charge >= 0.3 is 5.97 Å². The molecule has 0 aromatic rings. The highest BCUT2D eigenvalue weighted by molar-refractivity contribution is 5.74. The zero-order valence-corrected chi connectivity index (χ0v) is 5.59. The standard InChI is InChI=1S/C5H12N2O2/c1-5(2,3(6)7)4(8)9/h3H,6-7H2,1-2H3,(H,8,9). The van der Waals surface area contributed by atoms with Gasteiger partial charge in [-0.15, -0.1) is 0 Å². The van der Waals surface area contributed by atoms with Gasteiger partial charge in [0, 0.05) is 0 Å². The lowest BCUT2D eigenvalue weighted by molar-refractivity contribution is -0.147. The summed E-state index contributed by atoms with van der Waals surface area (Å²) >= 11 is 0. The van der Waals surface area contributed by atoms with Crippen LogP contribution in [0.2, 0.25) is 0 Å². The van der Waals surface area contributed by atoms with Crippen LogP contribution in [-0.4, -0.2) is 17.2 Å². The first-order valence-corrected chi connectivity index (χ1v) is 2.63. The maximum atomic E-state index is 10.3. The van der Waals surface area contributed by atoms with Crippen LogP contribution in [0.5, 0.6) is 0 Å². The second-order valence-electron chi connectivity index (χ2n) is 2.55. The second kappa shape index (κ2) is 2.33. The highest BCUT2D eigenvalue weighted by Gasteiger charge is 2.31. The average Bonchev–Trinajstić information content (AvgIpc) is 1.65. The number of hydrogen-bond acceptors (Lipinski definition) is 3. The molecule has 0 aromatic carbocycles. The van der Waals surface area contributed by atoms with Crippen LogP contribution in [0.15, 0.2) is 0 Å². The Morgan fingerprint density at radius 1 is 1.56 bits per heavy atom. The third-order valence-electron chi connectivity index (χ3n) is 1.38. The van der Waals surface area contributed by atoms with E-state index in [2.05, 4.69) is 0 Å². The van der Waals surface area contributed by atoms with Crippen LogP contribution in [0.4, 0.5) is 0 Å². The van der Waals surface area contributed by atoms with Crippen molar-refractivity contribution in [3.63, 3.8) is 0 Å². The Morgan fingerprint density at radius 2 is 1.89 bits per heavy atom. The summed E-state index contributed by atoms with van der Waals surface area (Å²) < 4.78 is 0. The van der Waals surface area contributed by atoms with Gasteiger partial charge in [0.1, 0.15) is 0 Å². The maximum absolute atomic E-state index is 10.3. The molecule has 54 valence electrons. The van der Waals surface area contributed by atoms with E-state index in [1.54, 1.807) is 0 Å². The van der Waals surface area contributed by atoms with Crippen molar-refractivity contribution in [1.29, 1.82) is 0 Å². The van der Waals surface area contributed by atoms with Crippen LogP contribution in [0.25, 0.3) is 0 Å². The van der Waals surface area contributed by atoms with Gasteiger partial charge < -0.3 is 16.6 Å². The molecule has 0 amide bonds. The molecule has 0 radical (unpaired) electrons. The first-order chi connectivity index (χ1) is 3.89. The smallest absolute Gasteiger partial charge is 0.312 e. The van der Waals surface area contributed by atoms with E-state index in [-0.39, 0.29) is 0 Å². The Balaban J connectivity index is 4.19. The van der Waals surface area contributed by atoms with Crippen molar-refractivity contribution in [2.24, 2.45) is 16.9 Å². The van der Waals surface area contributed by atoms with E-state index in [0.29, 0.717) is 0 Å². The van der Waals surface area contributed by atoms with E-state index in [1.807, 2.05) is 0 Å². The molecular formula is C5H12N2O2. The molecule has 0 unspecified atom stereocenters. The number of hydrogen-bond donors (Lipinski definition) is 3. The summed E-state index contributed by atoms with van der Waals surface area (Å²) in [4.78, 5) is 10.3. The van der Waals surface area contributed by atoms with E-state index in [9.17, 15) is 4.79 Å². The average molecular weight is 132 g/mol. The molecule has 0 fully saturated rings. The lowest BCUT2D eigenvalue weighted by atomic mass is 9.91. The highest BCUT2D eigenvalue weighted by Crippen LogP contribution is 2.15. The first kappa shape index (κ1) is 8.39. The van der Waals surface area contributed by atoms with Gasteiger partial charge in [0.2, 0.25) is 0 Å². The van der Waals surface area contributed by atoms with Crippen molar-refractivity contribution >= 4 is 5.97 Å². The Kier molecular flexibility index (Phi) is 2.17. The fourth-order valence-corrected chi connectivity index (χ4v) is 0.143. The third kappa shape index (κ3) is 1.65. The summed E-state index contributed by atoms with van der Waals surface area (Å²) in [5.41, 5.74) is 9.31. The van der Waals surface area contributed by atoms with Crippen LogP contribution in [0.3, 0.4) is 0 Å². The highest BCUT2D eigenvalue weighted by atomic mass is 16.4. The van der Waals surface area contributed by atoms with Crippen LogP contribution in [-0.2, 0) is 4.79 Å². The van der Waals surface area contributed by atoms with Gasteiger partial charge in [-0.05, 0) is 13.8 Å². The van der Waals surface area contributed by atoms with Crippen LogP contribution < -0.4 is 11.5 Å². The van der Waals surface area contributed by atoms with Crippen molar-refractivity contribution in [3.8, 4) is 0 Å². The van der Waals surface area contributed by atoms with Gasteiger partial charge in [-0.2, -0.15) is 0 Å². The van der Waals surface area contributed by atoms with Crippen LogP contribution in [0.1, 0.15) is 13.8 Å². The number of aliphatic carboxylic acids is 1. The molecule has 0 aliphatic heterocycles. The summed E-state index contributed by atoms with van der Waals surface area (Å²) in [5.74, 6) is -0.975. The molecule has 0 aliphatic carbocycles. The fourth-order valence-electron chi connectivity index (χ4n) is 0.143. The van der Waals surface area contributed by atoms with Crippen molar-refractivity contribution in [3.05, 3.63) is 0 Å². The predicted molar refractivity (Wildman–Crippen MR) is 33.6 cm³/mol.